The molecule has 4 rings (SSSR count). The second-order valence-corrected chi connectivity index (χ2v) is 7.75. The summed E-state index contributed by atoms with van der Waals surface area (Å²) in [5.74, 6) is -0.993. The van der Waals surface area contributed by atoms with Crippen molar-refractivity contribution in [1.29, 1.82) is 0 Å². The van der Waals surface area contributed by atoms with Gasteiger partial charge in [0.25, 0.3) is 0 Å². The highest BCUT2D eigenvalue weighted by Gasteiger charge is 2.20. The zero-order valence-corrected chi connectivity index (χ0v) is 18.1. The number of nitrogens with zero attached hydrogens (tertiary/aromatic N) is 2. The van der Waals surface area contributed by atoms with E-state index in [2.05, 4.69) is 20.6 Å². The third-order valence-electron chi connectivity index (χ3n) is 4.72. The molecular formula is C23H19FN4O3S. The number of thiazole rings is 1. The van der Waals surface area contributed by atoms with E-state index in [1.165, 1.54) is 18.4 Å². The molecule has 2 N–H and O–H groups in total. The number of esters is 1. The Bertz CT molecular complexity index is 1290. The first kappa shape index (κ1) is 21.4. The van der Waals surface area contributed by atoms with Gasteiger partial charge in [-0.2, -0.15) is 0 Å². The molecule has 0 aliphatic heterocycles. The van der Waals surface area contributed by atoms with E-state index in [1.54, 1.807) is 49.5 Å². The van der Waals surface area contributed by atoms with Gasteiger partial charge in [-0.1, -0.05) is 29.5 Å². The van der Waals surface area contributed by atoms with Gasteiger partial charge in [0.05, 0.1) is 23.1 Å². The normalized spacial score (nSPS) is 10.7. The first-order valence-electron chi connectivity index (χ1n) is 9.79. The van der Waals surface area contributed by atoms with Gasteiger partial charge in [-0.15, -0.1) is 0 Å². The van der Waals surface area contributed by atoms with Crippen molar-refractivity contribution in [2.75, 3.05) is 19.0 Å². The number of rotatable bonds is 5. The van der Waals surface area contributed by atoms with Crippen LogP contribution in [0.15, 0.2) is 54.7 Å². The number of hydrogen-bond acceptors (Lipinski definition) is 6. The summed E-state index contributed by atoms with van der Waals surface area (Å²) in [6.07, 6.45) is 1.66. The van der Waals surface area contributed by atoms with Crippen molar-refractivity contribution in [2.45, 2.75) is 6.92 Å². The van der Waals surface area contributed by atoms with E-state index in [-0.39, 0.29) is 10.6 Å². The van der Waals surface area contributed by atoms with Gasteiger partial charge in [-0.3, -0.25) is 10.3 Å². The number of nitrogens with one attached hydrogen (secondary N) is 2. The van der Waals surface area contributed by atoms with Crippen LogP contribution in [0.2, 0.25) is 0 Å². The predicted molar refractivity (Wildman–Crippen MR) is 122 cm³/mol. The first-order valence-corrected chi connectivity index (χ1v) is 10.6. The maximum Gasteiger partial charge on any atom is 0.337 e. The lowest BCUT2D eigenvalue weighted by molar-refractivity contribution is 0.0600. The number of fused-ring (bicyclic) bond motifs is 1. The van der Waals surface area contributed by atoms with E-state index in [0.29, 0.717) is 39.2 Å². The summed E-state index contributed by atoms with van der Waals surface area (Å²) in [6.45, 7) is 2.25. The lowest BCUT2D eigenvalue weighted by atomic mass is 9.99. The maximum absolute atomic E-state index is 15.6. The number of ether oxygens (including phenoxy) is 1. The number of carbonyl (C=O) groups is 2. The molecule has 0 saturated heterocycles. The molecule has 0 radical (unpaired) electrons. The molecule has 7 nitrogen and oxygen atoms in total. The van der Waals surface area contributed by atoms with E-state index in [9.17, 15) is 9.59 Å². The molecule has 2 aromatic heterocycles. The number of aromatic nitrogens is 2. The minimum Gasteiger partial charge on any atom is -0.465 e. The van der Waals surface area contributed by atoms with E-state index in [0.717, 1.165) is 0 Å². The van der Waals surface area contributed by atoms with Gasteiger partial charge in [-0.05, 0) is 42.8 Å². The summed E-state index contributed by atoms with van der Waals surface area (Å²) in [5.41, 5.74) is 2.72. The summed E-state index contributed by atoms with van der Waals surface area (Å²) in [4.78, 5) is 32.4. The standard InChI is InChI=1S/C23H19FN4O3S/c1-3-25-22(30)28-23-27-19-18(24)15(13-7-9-14(10-8-13)21(29)31-2)12-16(20(19)32-23)17-6-4-5-11-26-17/h4-12H,3H2,1-2H3,(H2,25,27,28,30). The molecule has 4 aromatic rings. The monoisotopic (exact) mass is 450 g/mol. The van der Waals surface area contributed by atoms with Gasteiger partial charge in [-0.25, -0.2) is 19.0 Å². The number of pyridine rings is 1. The van der Waals surface area contributed by atoms with Crippen LogP contribution in [0.4, 0.5) is 14.3 Å². The predicted octanol–water partition coefficient (Wildman–Crippen LogP) is 5.09. The zero-order chi connectivity index (χ0) is 22.7. The van der Waals surface area contributed by atoms with Crippen LogP contribution >= 0.6 is 11.3 Å². The van der Waals surface area contributed by atoms with Crippen LogP contribution in [0.1, 0.15) is 17.3 Å². The molecule has 0 unspecified atom stereocenters. The van der Waals surface area contributed by atoms with E-state index >= 15 is 4.39 Å². The van der Waals surface area contributed by atoms with Crippen molar-refractivity contribution in [3.8, 4) is 22.4 Å². The number of amides is 2. The van der Waals surface area contributed by atoms with Crippen LogP contribution in [0.3, 0.4) is 0 Å². The Labute approximate surface area is 187 Å². The van der Waals surface area contributed by atoms with Crippen LogP contribution in [-0.2, 0) is 4.74 Å². The number of anilines is 1. The summed E-state index contributed by atoms with van der Waals surface area (Å²) in [6, 6.07) is 13.2. The van der Waals surface area contributed by atoms with Crippen molar-refractivity contribution < 1.29 is 18.7 Å². The zero-order valence-electron chi connectivity index (χ0n) is 17.3. The third kappa shape index (κ3) is 4.15. The molecule has 0 aliphatic rings. The number of methoxy groups -OCH3 is 1. The summed E-state index contributed by atoms with van der Waals surface area (Å²) in [5, 5.41) is 5.55. The lowest BCUT2D eigenvalue weighted by Crippen LogP contribution is -2.28. The topological polar surface area (TPSA) is 93.2 Å². The van der Waals surface area contributed by atoms with Gasteiger partial charge < -0.3 is 10.1 Å². The van der Waals surface area contributed by atoms with Crippen molar-refractivity contribution >= 4 is 38.7 Å². The highest BCUT2D eigenvalue weighted by atomic mass is 32.1. The fourth-order valence-electron chi connectivity index (χ4n) is 3.23. The molecule has 32 heavy (non-hydrogen) atoms. The molecule has 0 spiro atoms. The molecule has 0 bridgehead atoms. The Balaban J connectivity index is 1.87. The van der Waals surface area contributed by atoms with Gasteiger partial charge in [0.1, 0.15) is 5.52 Å². The van der Waals surface area contributed by atoms with Crippen LogP contribution in [0, 0.1) is 5.82 Å². The molecule has 0 atom stereocenters. The quantitative estimate of drug-likeness (QED) is 0.413. The van der Waals surface area contributed by atoms with Gasteiger partial charge in [0.15, 0.2) is 10.9 Å². The highest BCUT2D eigenvalue weighted by Crippen LogP contribution is 2.40. The van der Waals surface area contributed by atoms with Crippen molar-refractivity contribution in [2.24, 2.45) is 0 Å². The molecule has 2 amide bonds. The molecule has 162 valence electrons. The average molecular weight is 450 g/mol. The Kier molecular flexibility index (Phi) is 6.09. The molecule has 2 aromatic carbocycles. The maximum atomic E-state index is 15.6. The van der Waals surface area contributed by atoms with E-state index in [1.807, 2.05) is 12.1 Å². The van der Waals surface area contributed by atoms with Crippen LogP contribution < -0.4 is 10.6 Å². The van der Waals surface area contributed by atoms with Crippen LogP contribution in [0.5, 0.6) is 0 Å². The van der Waals surface area contributed by atoms with Gasteiger partial charge in [0, 0.05) is 23.9 Å². The second-order valence-electron chi connectivity index (χ2n) is 6.75. The minimum absolute atomic E-state index is 0.136. The van der Waals surface area contributed by atoms with E-state index in [4.69, 9.17) is 4.74 Å². The summed E-state index contributed by atoms with van der Waals surface area (Å²) >= 11 is 1.18. The second kappa shape index (κ2) is 9.11. The van der Waals surface area contributed by atoms with Crippen LogP contribution in [-0.4, -0.2) is 35.6 Å². The number of urea groups is 1. The number of carbonyl (C=O) groups excluding carboxylic acids is 2. The third-order valence-corrected chi connectivity index (χ3v) is 5.72. The smallest absolute Gasteiger partial charge is 0.337 e. The SMILES string of the molecule is CCNC(=O)Nc1nc2c(F)c(-c3ccc(C(=O)OC)cc3)cc(-c3ccccn3)c2s1. The molecule has 2 heterocycles. The Morgan fingerprint density at radius 3 is 2.56 bits per heavy atom. The average Bonchev–Trinajstić information content (AvgIpc) is 3.24. The number of benzene rings is 2. The van der Waals surface area contributed by atoms with Crippen molar-refractivity contribution in [3.05, 3.63) is 66.1 Å². The fourth-order valence-corrected chi connectivity index (χ4v) is 4.21. The van der Waals surface area contributed by atoms with E-state index < -0.39 is 17.8 Å². The van der Waals surface area contributed by atoms with Gasteiger partial charge >= 0.3 is 12.0 Å². The first-order chi connectivity index (χ1) is 15.5. The molecular weight excluding hydrogens is 431 g/mol. The molecule has 0 saturated carbocycles. The summed E-state index contributed by atoms with van der Waals surface area (Å²) < 4.78 is 20.9. The van der Waals surface area contributed by atoms with Crippen molar-refractivity contribution in [3.63, 3.8) is 0 Å². The molecule has 0 aliphatic carbocycles. The Hall–Kier alpha value is -3.85. The largest absolute Gasteiger partial charge is 0.465 e. The number of halogens is 1. The molecule has 9 heteroatoms. The lowest BCUT2D eigenvalue weighted by Gasteiger charge is -2.09. The highest BCUT2D eigenvalue weighted by molar-refractivity contribution is 7.22. The minimum atomic E-state index is -0.523. The van der Waals surface area contributed by atoms with Crippen LogP contribution in [0.25, 0.3) is 32.6 Å². The Morgan fingerprint density at radius 2 is 1.91 bits per heavy atom. The fraction of sp³-hybridized carbons (Fsp3) is 0.130. The summed E-state index contributed by atoms with van der Waals surface area (Å²) in [7, 11) is 1.30. The number of hydrogen-bond donors (Lipinski definition) is 2. The van der Waals surface area contributed by atoms with Gasteiger partial charge in [0.2, 0.25) is 0 Å². The Morgan fingerprint density at radius 1 is 1.12 bits per heavy atom. The molecule has 0 fully saturated rings. The van der Waals surface area contributed by atoms with Crippen molar-refractivity contribution in [1.82, 2.24) is 15.3 Å².